The monoisotopic (exact) mass is 710 g/mol. The molecule has 15 heteroatoms. The summed E-state index contributed by atoms with van der Waals surface area (Å²) in [6.45, 7) is 1.51. The van der Waals surface area contributed by atoms with Crippen LogP contribution in [0.5, 0.6) is 0 Å². The van der Waals surface area contributed by atoms with Gasteiger partial charge in [0.1, 0.15) is 23.7 Å². The highest BCUT2D eigenvalue weighted by atomic mass is 35.5. The van der Waals surface area contributed by atoms with Crippen LogP contribution in [-0.2, 0) is 35.7 Å². The minimum Gasteiger partial charge on any atom is -0.477 e. The Morgan fingerprint density at radius 3 is 2.43 bits per heavy atom. The number of nitrogens with one attached hydrogen (secondary N) is 1. The van der Waals surface area contributed by atoms with Crippen LogP contribution in [0.4, 0.5) is 5.69 Å². The van der Waals surface area contributed by atoms with Crippen LogP contribution >= 0.6 is 34.7 Å². The molecule has 2 atom stereocenters. The fourth-order valence-electron chi connectivity index (χ4n) is 5.11. The zero-order chi connectivity index (χ0) is 33.3. The number of esters is 1. The molecule has 6 rings (SSSR count). The first-order chi connectivity index (χ1) is 22.5. The normalized spacial score (nSPS) is 18.1. The number of carbonyl (C=O) groups is 3. The van der Waals surface area contributed by atoms with Crippen molar-refractivity contribution in [1.82, 2.24) is 14.2 Å². The maximum Gasteiger partial charge on any atom is 0.352 e. The number of aliphatic carboxylic acids is 1. The molecule has 0 unspecified atom stereocenters. The van der Waals surface area contributed by atoms with Gasteiger partial charge in [0.05, 0.1) is 15.5 Å². The molecular formula is C32H27ClN4O7S3. The van der Waals surface area contributed by atoms with Gasteiger partial charge in [-0.2, -0.15) is 4.72 Å². The van der Waals surface area contributed by atoms with Gasteiger partial charge >= 0.3 is 11.9 Å². The third-order valence-corrected chi connectivity index (χ3v) is 11.5. The minimum atomic E-state index is -4.15. The third-order valence-electron chi connectivity index (χ3n) is 7.40. The molecule has 0 radical (unpaired) electrons. The van der Waals surface area contributed by atoms with Gasteiger partial charge in [0.2, 0.25) is 15.9 Å². The van der Waals surface area contributed by atoms with Crippen molar-refractivity contribution in [2.24, 2.45) is 4.99 Å². The molecule has 2 aliphatic heterocycles. The second-order valence-electron chi connectivity index (χ2n) is 10.7. The largest absolute Gasteiger partial charge is 0.477 e. The van der Waals surface area contributed by atoms with Crippen LogP contribution in [-0.4, -0.2) is 64.6 Å². The number of carboxylic acid groups (broad SMARTS) is 1. The zero-order valence-corrected chi connectivity index (χ0v) is 27.9. The van der Waals surface area contributed by atoms with Crippen LogP contribution in [0.15, 0.2) is 106 Å². The number of benzene rings is 3. The van der Waals surface area contributed by atoms with E-state index in [2.05, 4.69) is 4.72 Å². The number of hydrogen-bond donors (Lipinski definition) is 2. The van der Waals surface area contributed by atoms with E-state index in [9.17, 15) is 27.9 Å². The van der Waals surface area contributed by atoms with E-state index in [1.54, 1.807) is 12.1 Å². The Bertz CT molecular complexity index is 2060. The number of thiazole rings is 1. The molecule has 1 aromatic heterocycles. The quantitative estimate of drug-likeness (QED) is 0.179. The molecular weight excluding hydrogens is 684 g/mol. The van der Waals surface area contributed by atoms with Crippen LogP contribution in [0.25, 0.3) is 10.4 Å². The summed E-state index contributed by atoms with van der Waals surface area (Å²) in [6, 6.07) is 22.3. The van der Waals surface area contributed by atoms with E-state index < -0.39 is 39.3 Å². The number of nitrogens with zero attached hydrogens (tertiary/aromatic N) is 3. The van der Waals surface area contributed by atoms with E-state index in [0.717, 1.165) is 20.9 Å². The molecule has 3 aromatic carbocycles. The Labute approximate surface area is 283 Å². The Hall–Kier alpha value is -4.21. The summed E-state index contributed by atoms with van der Waals surface area (Å²) >= 11 is 8.77. The number of aromatic nitrogens is 1. The van der Waals surface area contributed by atoms with Crippen molar-refractivity contribution in [1.29, 1.82) is 0 Å². The first-order valence-corrected chi connectivity index (χ1v) is 17.9. The summed E-state index contributed by atoms with van der Waals surface area (Å²) in [5, 5.41) is 9.63. The predicted octanol–water partition coefficient (Wildman–Crippen LogP) is 4.61. The Balaban J connectivity index is 1.22. The molecule has 0 saturated carbocycles. The van der Waals surface area contributed by atoms with Gasteiger partial charge in [-0.15, -0.1) is 11.8 Å². The van der Waals surface area contributed by atoms with Crippen molar-refractivity contribution in [3.63, 3.8) is 0 Å². The number of ether oxygens (including phenoxy) is 1. The summed E-state index contributed by atoms with van der Waals surface area (Å²) in [5.41, 5.74) is 2.58. The van der Waals surface area contributed by atoms with Gasteiger partial charge in [-0.3, -0.25) is 14.5 Å². The van der Waals surface area contributed by atoms with Crippen molar-refractivity contribution in [3.05, 3.63) is 112 Å². The minimum absolute atomic E-state index is 0.0711. The van der Waals surface area contributed by atoms with Crippen molar-refractivity contribution in [3.8, 4) is 10.4 Å². The van der Waals surface area contributed by atoms with Crippen molar-refractivity contribution >= 4 is 68.3 Å². The maximum atomic E-state index is 13.3. The number of fused-ring (bicyclic) bond motifs is 1. The molecule has 11 nitrogen and oxygen atoms in total. The van der Waals surface area contributed by atoms with Gasteiger partial charge in [0.25, 0.3) is 0 Å². The summed E-state index contributed by atoms with van der Waals surface area (Å²) in [4.78, 5) is 43.7. The topological polar surface area (TPSA) is 147 Å². The number of rotatable bonds is 10. The lowest BCUT2D eigenvalue weighted by molar-refractivity contribution is -0.148. The van der Waals surface area contributed by atoms with Crippen LogP contribution in [0, 0.1) is 0 Å². The molecule has 2 N–H and O–H groups in total. The van der Waals surface area contributed by atoms with E-state index >= 15 is 0 Å². The van der Waals surface area contributed by atoms with Gasteiger partial charge in [-0.05, 0) is 47.5 Å². The molecule has 4 aromatic rings. The molecule has 2 aliphatic rings. The summed E-state index contributed by atoms with van der Waals surface area (Å²) < 4.78 is 36.0. The number of β-lactam (4-membered cyclic amide) rings is 1. The highest BCUT2D eigenvalue weighted by Crippen LogP contribution is 2.41. The molecule has 1 saturated heterocycles. The van der Waals surface area contributed by atoms with E-state index in [-0.39, 0.29) is 28.5 Å². The lowest BCUT2D eigenvalue weighted by atomic mass is 10.0. The number of amides is 1. The molecule has 47 heavy (non-hydrogen) atoms. The van der Waals surface area contributed by atoms with Crippen LogP contribution in [0.2, 0.25) is 5.02 Å². The first kappa shape index (κ1) is 32.7. The second-order valence-corrected chi connectivity index (χ2v) is 14.9. The Morgan fingerprint density at radius 1 is 1.06 bits per heavy atom. The number of carbonyl (C=O) groups excluding carboxylic acids is 2. The fourth-order valence-corrected chi connectivity index (χ4v) is 8.86. The number of halogens is 1. The van der Waals surface area contributed by atoms with Gasteiger partial charge in [0.15, 0.2) is 4.80 Å². The molecule has 0 spiro atoms. The van der Waals surface area contributed by atoms with Crippen LogP contribution < -0.4 is 9.52 Å². The van der Waals surface area contributed by atoms with Gasteiger partial charge in [-0.1, -0.05) is 65.4 Å². The standard InChI is InChI=1S/C32H27ClN4O7S3/c1-19(38)44-17-22-18-45-30-27(29(39)37(30)28(22)31(40)41)35-47(42,43)25-13-11-24(12-14-25)34-32-36(15-20-5-3-2-4-6-20)16-26(46-32)21-7-9-23(33)10-8-21/h2-14,16,27,30,35H,15,17-18H2,1H3,(H,40,41)/t27-,30-/m1/s1. The van der Waals surface area contributed by atoms with E-state index in [1.807, 2.05) is 65.4 Å². The SMILES string of the molecule is CC(=O)OCC1=C(C(=O)O)N2C(=O)[C@@H](NS(=O)(=O)c3ccc(N=c4sc(-c5ccc(Cl)cc5)cn4Cc4ccccc4)cc3)[C@H]2SC1. The highest BCUT2D eigenvalue weighted by molar-refractivity contribution is 8.00. The average molecular weight is 711 g/mol. The number of hydrogen-bond acceptors (Lipinski definition) is 9. The summed E-state index contributed by atoms with van der Waals surface area (Å²) in [5.74, 6) is -2.49. The fraction of sp³-hybridized carbons (Fsp3) is 0.188. The molecule has 0 bridgehead atoms. The van der Waals surface area contributed by atoms with Crippen molar-refractivity contribution in [2.45, 2.75) is 29.8 Å². The Kier molecular flexibility index (Phi) is 9.39. The third kappa shape index (κ3) is 7.06. The maximum absolute atomic E-state index is 13.3. The second kappa shape index (κ2) is 13.5. The van der Waals surface area contributed by atoms with Crippen LogP contribution in [0.1, 0.15) is 12.5 Å². The average Bonchev–Trinajstić information content (AvgIpc) is 3.44. The molecule has 1 amide bonds. The van der Waals surface area contributed by atoms with E-state index in [4.69, 9.17) is 21.3 Å². The van der Waals surface area contributed by atoms with Gasteiger partial charge < -0.3 is 14.4 Å². The zero-order valence-electron chi connectivity index (χ0n) is 24.7. The lowest BCUT2D eigenvalue weighted by Gasteiger charge is -2.49. The van der Waals surface area contributed by atoms with E-state index in [1.165, 1.54) is 42.2 Å². The van der Waals surface area contributed by atoms with Crippen molar-refractivity contribution in [2.75, 3.05) is 12.4 Å². The predicted molar refractivity (Wildman–Crippen MR) is 178 cm³/mol. The van der Waals surface area contributed by atoms with Gasteiger partial charge in [0, 0.05) is 36.0 Å². The highest BCUT2D eigenvalue weighted by Gasteiger charge is 2.55. The first-order valence-electron chi connectivity index (χ1n) is 14.2. The molecule has 242 valence electrons. The smallest absolute Gasteiger partial charge is 0.352 e. The van der Waals surface area contributed by atoms with Gasteiger partial charge in [-0.25, -0.2) is 18.2 Å². The number of carboxylic acids is 1. The molecule has 1 fully saturated rings. The summed E-state index contributed by atoms with van der Waals surface area (Å²) in [7, 11) is -4.15. The lowest BCUT2D eigenvalue weighted by Crippen LogP contribution is -2.70. The summed E-state index contributed by atoms with van der Waals surface area (Å²) in [6.07, 6.45) is 2.02. The number of thioether (sulfide) groups is 1. The number of sulfonamides is 1. The molecule has 0 aliphatic carbocycles. The Morgan fingerprint density at radius 2 is 1.77 bits per heavy atom. The van der Waals surface area contributed by atoms with E-state index in [0.29, 0.717) is 22.1 Å². The molecule has 3 heterocycles. The van der Waals surface area contributed by atoms with Crippen LogP contribution in [0.3, 0.4) is 0 Å². The van der Waals surface area contributed by atoms with Crippen molar-refractivity contribution < 1.29 is 32.6 Å².